The molecule has 0 unspecified atom stereocenters. The molecule has 0 saturated carbocycles. The van der Waals surface area contributed by atoms with E-state index >= 15 is 0 Å². The molecule has 0 fully saturated rings. The molecule has 2 aromatic rings. The first-order chi connectivity index (χ1) is 11.1. The van der Waals surface area contributed by atoms with Gasteiger partial charge in [-0.15, -0.1) is 0 Å². The van der Waals surface area contributed by atoms with Gasteiger partial charge in [-0.05, 0) is 18.2 Å². The number of hydrogen-bond acceptors (Lipinski definition) is 3. The van der Waals surface area contributed by atoms with Crippen molar-refractivity contribution in [2.24, 2.45) is 0 Å². The number of ether oxygens (including phenoxy) is 1. The minimum Gasteiger partial charge on any atom is -0.497 e. The zero-order valence-corrected chi connectivity index (χ0v) is 13.6. The minimum absolute atomic E-state index is 0.254. The molecule has 1 aromatic carbocycles. The van der Waals surface area contributed by atoms with E-state index in [1.807, 2.05) is 38.4 Å². The number of rotatable bonds is 6. The topological polar surface area (TPSA) is 71.5 Å². The SMILES string of the molecule is COc1cccc(-n2ccc(C#N)c2C(=O)NCC[NH+](C)C)c1. The molecule has 2 rings (SSSR count). The maximum atomic E-state index is 12.5. The van der Waals surface area contributed by atoms with Gasteiger partial charge in [-0.3, -0.25) is 4.79 Å². The van der Waals surface area contributed by atoms with E-state index < -0.39 is 0 Å². The fourth-order valence-corrected chi connectivity index (χ4v) is 2.24. The van der Waals surface area contributed by atoms with Crippen molar-refractivity contribution in [1.29, 1.82) is 5.26 Å². The smallest absolute Gasteiger partial charge is 0.269 e. The summed E-state index contributed by atoms with van der Waals surface area (Å²) in [6, 6.07) is 11.1. The van der Waals surface area contributed by atoms with E-state index in [4.69, 9.17) is 4.74 Å². The summed E-state index contributed by atoms with van der Waals surface area (Å²) in [6.07, 6.45) is 1.72. The molecule has 0 aliphatic rings. The summed E-state index contributed by atoms with van der Waals surface area (Å²) in [5.41, 5.74) is 1.46. The van der Waals surface area contributed by atoms with Gasteiger partial charge in [0.2, 0.25) is 0 Å². The second-order valence-corrected chi connectivity index (χ2v) is 5.47. The number of benzene rings is 1. The molecule has 2 N–H and O–H groups in total. The number of carbonyl (C=O) groups excluding carboxylic acids is 1. The Labute approximate surface area is 135 Å². The van der Waals surface area contributed by atoms with E-state index in [0.29, 0.717) is 23.6 Å². The van der Waals surface area contributed by atoms with Crippen molar-refractivity contribution < 1.29 is 14.4 Å². The lowest BCUT2D eigenvalue weighted by molar-refractivity contribution is -0.856. The van der Waals surface area contributed by atoms with E-state index in [-0.39, 0.29) is 5.91 Å². The highest BCUT2D eigenvalue weighted by Gasteiger charge is 2.18. The average Bonchev–Trinajstić information content (AvgIpc) is 2.98. The summed E-state index contributed by atoms with van der Waals surface area (Å²) in [4.78, 5) is 13.7. The van der Waals surface area contributed by atoms with Crippen LogP contribution in [-0.4, -0.2) is 44.8 Å². The number of nitrogens with zero attached hydrogens (tertiary/aromatic N) is 2. The number of amides is 1. The van der Waals surface area contributed by atoms with Crippen LogP contribution in [0.4, 0.5) is 0 Å². The Morgan fingerprint density at radius 1 is 1.39 bits per heavy atom. The number of likely N-dealkylation sites (N-methyl/N-ethyl adjacent to an activating group) is 1. The van der Waals surface area contributed by atoms with E-state index in [0.717, 1.165) is 12.2 Å². The Morgan fingerprint density at radius 2 is 2.17 bits per heavy atom. The zero-order valence-electron chi connectivity index (χ0n) is 13.6. The zero-order chi connectivity index (χ0) is 16.8. The molecule has 1 aromatic heterocycles. The molecule has 0 saturated heterocycles. The molecule has 23 heavy (non-hydrogen) atoms. The van der Waals surface area contributed by atoms with Crippen LogP contribution in [0, 0.1) is 11.3 Å². The van der Waals surface area contributed by atoms with Gasteiger partial charge in [-0.1, -0.05) is 6.07 Å². The van der Waals surface area contributed by atoms with Crippen LogP contribution in [-0.2, 0) is 0 Å². The van der Waals surface area contributed by atoms with Crippen molar-refractivity contribution in [2.45, 2.75) is 0 Å². The Morgan fingerprint density at radius 3 is 2.83 bits per heavy atom. The van der Waals surface area contributed by atoms with Gasteiger partial charge in [0.25, 0.3) is 5.91 Å². The van der Waals surface area contributed by atoms with Crippen molar-refractivity contribution in [3.8, 4) is 17.5 Å². The molecule has 0 spiro atoms. The lowest BCUT2D eigenvalue weighted by atomic mass is 10.2. The predicted molar refractivity (Wildman–Crippen MR) is 87.0 cm³/mol. The van der Waals surface area contributed by atoms with Gasteiger partial charge in [0, 0.05) is 18.0 Å². The van der Waals surface area contributed by atoms with Gasteiger partial charge in [-0.25, -0.2) is 0 Å². The molecule has 1 heterocycles. The summed E-state index contributed by atoms with van der Waals surface area (Å²) in [5, 5.41) is 12.1. The first-order valence-corrected chi connectivity index (χ1v) is 7.40. The highest BCUT2D eigenvalue weighted by molar-refractivity contribution is 5.95. The molecule has 6 heteroatoms. The van der Waals surface area contributed by atoms with Gasteiger partial charge in [-0.2, -0.15) is 5.26 Å². The van der Waals surface area contributed by atoms with Gasteiger partial charge in [0.15, 0.2) is 0 Å². The van der Waals surface area contributed by atoms with Crippen molar-refractivity contribution in [3.05, 3.63) is 47.8 Å². The Balaban J connectivity index is 2.33. The fraction of sp³-hybridized carbons (Fsp3) is 0.294. The first-order valence-electron chi connectivity index (χ1n) is 7.40. The van der Waals surface area contributed by atoms with Crippen molar-refractivity contribution in [2.75, 3.05) is 34.3 Å². The Hall–Kier alpha value is -2.78. The van der Waals surface area contributed by atoms with Crippen molar-refractivity contribution >= 4 is 5.91 Å². The number of carbonyl (C=O) groups is 1. The predicted octanol–water partition coefficient (Wildman–Crippen LogP) is 0.232. The summed E-state index contributed by atoms with van der Waals surface area (Å²) in [6.45, 7) is 1.36. The number of quaternary nitrogens is 1. The Kier molecular flexibility index (Phi) is 5.39. The fourth-order valence-electron chi connectivity index (χ4n) is 2.24. The van der Waals surface area contributed by atoms with Crippen LogP contribution in [0.25, 0.3) is 5.69 Å². The van der Waals surface area contributed by atoms with Crippen LogP contribution in [0.2, 0.25) is 0 Å². The summed E-state index contributed by atoms with van der Waals surface area (Å²) >= 11 is 0. The van der Waals surface area contributed by atoms with Gasteiger partial charge in [0.05, 0.1) is 39.9 Å². The van der Waals surface area contributed by atoms with E-state index in [2.05, 4.69) is 11.4 Å². The number of aromatic nitrogens is 1. The summed E-state index contributed by atoms with van der Waals surface area (Å²) in [7, 11) is 5.63. The monoisotopic (exact) mass is 313 g/mol. The third-order valence-corrected chi connectivity index (χ3v) is 3.46. The highest BCUT2D eigenvalue weighted by atomic mass is 16.5. The molecule has 0 aliphatic heterocycles. The maximum absolute atomic E-state index is 12.5. The van der Waals surface area contributed by atoms with Gasteiger partial charge < -0.3 is 19.5 Å². The third kappa shape index (κ3) is 3.90. The van der Waals surface area contributed by atoms with Gasteiger partial charge >= 0.3 is 0 Å². The van der Waals surface area contributed by atoms with Crippen molar-refractivity contribution in [1.82, 2.24) is 9.88 Å². The molecule has 0 radical (unpaired) electrons. The first kappa shape index (κ1) is 16.6. The average molecular weight is 313 g/mol. The quantitative estimate of drug-likeness (QED) is 0.802. The number of hydrogen-bond donors (Lipinski definition) is 2. The second kappa shape index (κ2) is 7.47. The Bertz CT molecular complexity index is 728. The highest BCUT2D eigenvalue weighted by Crippen LogP contribution is 2.21. The molecule has 120 valence electrons. The third-order valence-electron chi connectivity index (χ3n) is 3.46. The lowest BCUT2D eigenvalue weighted by Crippen LogP contribution is -3.06. The number of methoxy groups -OCH3 is 1. The van der Waals surface area contributed by atoms with E-state index in [1.54, 1.807) is 23.9 Å². The molecule has 0 atom stereocenters. The van der Waals surface area contributed by atoms with Crippen LogP contribution in [0.3, 0.4) is 0 Å². The largest absolute Gasteiger partial charge is 0.497 e. The second-order valence-electron chi connectivity index (χ2n) is 5.47. The van der Waals surface area contributed by atoms with Crippen molar-refractivity contribution in [3.63, 3.8) is 0 Å². The normalized spacial score (nSPS) is 10.4. The minimum atomic E-state index is -0.254. The molecule has 0 bridgehead atoms. The molecular formula is C17H21N4O2+. The van der Waals surface area contributed by atoms with Crippen LogP contribution in [0.5, 0.6) is 5.75 Å². The van der Waals surface area contributed by atoms with E-state index in [1.165, 1.54) is 4.90 Å². The molecule has 1 amide bonds. The number of nitrogens with one attached hydrogen (secondary N) is 2. The molecule has 6 nitrogen and oxygen atoms in total. The van der Waals surface area contributed by atoms with Crippen LogP contribution in [0.15, 0.2) is 36.5 Å². The summed E-state index contributed by atoms with van der Waals surface area (Å²) < 4.78 is 6.93. The standard InChI is InChI=1S/C17H20N4O2/c1-20(2)10-8-19-17(22)16-13(12-18)7-9-21(16)14-5-4-6-15(11-14)23-3/h4-7,9,11H,8,10H2,1-3H3,(H,19,22)/p+1. The molecule has 0 aliphatic carbocycles. The van der Waals surface area contributed by atoms with Gasteiger partial charge in [0.1, 0.15) is 17.5 Å². The van der Waals surface area contributed by atoms with Crippen LogP contribution >= 0.6 is 0 Å². The number of nitriles is 1. The maximum Gasteiger partial charge on any atom is 0.269 e. The molecular weight excluding hydrogens is 292 g/mol. The van der Waals surface area contributed by atoms with E-state index in [9.17, 15) is 10.1 Å². The lowest BCUT2D eigenvalue weighted by Gasteiger charge is -2.12. The summed E-state index contributed by atoms with van der Waals surface area (Å²) in [5.74, 6) is 0.438. The van der Waals surface area contributed by atoms with Crippen LogP contribution in [0.1, 0.15) is 16.1 Å². The van der Waals surface area contributed by atoms with Crippen LogP contribution < -0.4 is 15.0 Å².